The lowest BCUT2D eigenvalue weighted by Gasteiger charge is -2.31. The molecule has 0 aliphatic heterocycles. The van der Waals surface area contributed by atoms with Crippen molar-refractivity contribution in [3.63, 3.8) is 0 Å². The molecule has 0 bridgehead atoms. The molecule has 1 nitrogen and oxygen atoms in total. The maximum atomic E-state index is 3.60. The summed E-state index contributed by atoms with van der Waals surface area (Å²) in [5.41, 5.74) is 1.70. The van der Waals surface area contributed by atoms with Crippen molar-refractivity contribution in [3.8, 4) is 0 Å². The zero-order valence-electron chi connectivity index (χ0n) is 10.8. The summed E-state index contributed by atoms with van der Waals surface area (Å²) in [5.74, 6) is 0. The molecule has 0 aliphatic carbocycles. The zero-order valence-corrected chi connectivity index (χ0v) is 11.6. The highest BCUT2D eigenvalue weighted by Crippen LogP contribution is 2.38. The topological polar surface area (TPSA) is 12.0 Å². The van der Waals surface area contributed by atoms with Gasteiger partial charge in [-0.2, -0.15) is 0 Å². The van der Waals surface area contributed by atoms with Crippen molar-refractivity contribution in [2.24, 2.45) is 5.41 Å². The predicted octanol–water partition coefficient (Wildman–Crippen LogP) is 4.06. The Hall–Kier alpha value is -0.340. The molecule has 1 aromatic rings. The van der Waals surface area contributed by atoms with E-state index in [1.165, 1.54) is 15.3 Å². The number of thiophene rings is 1. The standard InChI is InChI=1S/C13H23NS/c1-7-14-12(13(4,5)6)11-9(2)8-10(3)15-11/h8,12,14H,7H2,1-6H3. The van der Waals surface area contributed by atoms with Crippen LogP contribution in [0.1, 0.15) is 49.1 Å². The largest absolute Gasteiger partial charge is 0.309 e. The second-order valence-corrected chi connectivity index (χ2v) is 6.55. The second-order valence-electron chi connectivity index (χ2n) is 5.26. The third-order valence-corrected chi connectivity index (χ3v) is 3.83. The minimum Gasteiger partial charge on any atom is -0.309 e. The maximum Gasteiger partial charge on any atom is 0.0466 e. The van der Waals surface area contributed by atoms with Gasteiger partial charge in [-0.05, 0) is 37.4 Å². The SMILES string of the molecule is CCNC(c1sc(C)cc1C)C(C)(C)C. The molecule has 1 aromatic heterocycles. The van der Waals surface area contributed by atoms with E-state index in [9.17, 15) is 0 Å². The summed E-state index contributed by atoms with van der Waals surface area (Å²) < 4.78 is 0. The van der Waals surface area contributed by atoms with Crippen LogP contribution >= 0.6 is 11.3 Å². The van der Waals surface area contributed by atoms with Crippen molar-refractivity contribution in [2.75, 3.05) is 6.54 Å². The highest BCUT2D eigenvalue weighted by Gasteiger charge is 2.27. The fourth-order valence-corrected chi connectivity index (χ4v) is 3.30. The van der Waals surface area contributed by atoms with Crippen LogP contribution in [0.15, 0.2) is 6.07 Å². The Kier molecular flexibility index (Phi) is 3.96. The summed E-state index contributed by atoms with van der Waals surface area (Å²) in [5, 5.41) is 3.60. The van der Waals surface area contributed by atoms with Crippen molar-refractivity contribution in [2.45, 2.75) is 47.6 Å². The van der Waals surface area contributed by atoms with Gasteiger partial charge in [0, 0.05) is 15.8 Å². The molecule has 1 unspecified atom stereocenters. The average molecular weight is 225 g/mol. The Morgan fingerprint density at radius 2 is 1.93 bits per heavy atom. The highest BCUT2D eigenvalue weighted by atomic mass is 32.1. The smallest absolute Gasteiger partial charge is 0.0466 e. The summed E-state index contributed by atoms with van der Waals surface area (Å²) in [7, 11) is 0. The van der Waals surface area contributed by atoms with Crippen LogP contribution in [-0.4, -0.2) is 6.54 Å². The van der Waals surface area contributed by atoms with Crippen LogP contribution in [0.3, 0.4) is 0 Å². The van der Waals surface area contributed by atoms with Crippen LogP contribution in [0.2, 0.25) is 0 Å². The molecule has 0 amide bonds. The number of hydrogen-bond donors (Lipinski definition) is 1. The van der Waals surface area contributed by atoms with Gasteiger partial charge in [0.25, 0.3) is 0 Å². The van der Waals surface area contributed by atoms with E-state index in [1.807, 2.05) is 11.3 Å². The lowest BCUT2D eigenvalue weighted by atomic mass is 9.85. The summed E-state index contributed by atoms with van der Waals surface area (Å²) in [6.45, 7) is 14.5. The number of hydrogen-bond acceptors (Lipinski definition) is 2. The fraction of sp³-hybridized carbons (Fsp3) is 0.692. The first-order valence-electron chi connectivity index (χ1n) is 5.66. The van der Waals surface area contributed by atoms with Gasteiger partial charge in [-0.1, -0.05) is 27.7 Å². The molecule has 2 heteroatoms. The molecule has 0 saturated carbocycles. The average Bonchev–Trinajstić information content (AvgIpc) is 2.39. The van der Waals surface area contributed by atoms with E-state index in [2.05, 4.69) is 52.9 Å². The molecule has 0 fully saturated rings. The van der Waals surface area contributed by atoms with E-state index >= 15 is 0 Å². The molecule has 0 saturated heterocycles. The van der Waals surface area contributed by atoms with Crippen LogP contribution in [0.5, 0.6) is 0 Å². The van der Waals surface area contributed by atoms with Gasteiger partial charge in [-0.3, -0.25) is 0 Å². The van der Waals surface area contributed by atoms with Crippen molar-refractivity contribution in [1.82, 2.24) is 5.32 Å². The van der Waals surface area contributed by atoms with E-state index in [1.54, 1.807) is 0 Å². The van der Waals surface area contributed by atoms with Gasteiger partial charge in [0.2, 0.25) is 0 Å². The first-order valence-corrected chi connectivity index (χ1v) is 6.48. The number of nitrogens with one attached hydrogen (secondary N) is 1. The fourth-order valence-electron chi connectivity index (χ4n) is 1.94. The zero-order chi connectivity index (χ0) is 11.6. The molecular formula is C13H23NS. The Balaban J connectivity index is 3.04. The summed E-state index contributed by atoms with van der Waals surface area (Å²) in [6, 6.07) is 2.76. The van der Waals surface area contributed by atoms with Crippen molar-refractivity contribution < 1.29 is 0 Å². The Labute approximate surface area is 97.9 Å². The van der Waals surface area contributed by atoms with Crippen molar-refractivity contribution in [3.05, 3.63) is 21.4 Å². The van der Waals surface area contributed by atoms with E-state index in [0.29, 0.717) is 6.04 Å². The minimum absolute atomic E-state index is 0.276. The molecular weight excluding hydrogens is 202 g/mol. The Morgan fingerprint density at radius 3 is 2.27 bits per heavy atom. The van der Waals surface area contributed by atoms with Gasteiger partial charge in [0.05, 0.1) is 0 Å². The van der Waals surface area contributed by atoms with Gasteiger partial charge in [-0.25, -0.2) is 0 Å². The lowest BCUT2D eigenvalue weighted by Crippen LogP contribution is -2.31. The van der Waals surface area contributed by atoms with Gasteiger partial charge in [0.1, 0.15) is 0 Å². The monoisotopic (exact) mass is 225 g/mol. The van der Waals surface area contributed by atoms with Crippen LogP contribution in [0.4, 0.5) is 0 Å². The summed E-state index contributed by atoms with van der Waals surface area (Å²) in [4.78, 5) is 2.91. The van der Waals surface area contributed by atoms with E-state index in [-0.39, 0.29) is 5.41 Å². The molecule has 1 N–H and O–H groups in total. The minimum atomic E-state index is 0.276. The van der Waals surface area contributed by atoms with Crippen molar-refractivity contribution in [1.29, 1.82) is 0 Å². The summed E-state index contributed by atoms with van der Waals surface area (Å²) >= 11 is 1.93. The van der Waals surface area contributed by atoms with Gasteiger partial charge in [-0.15, -0.1) is 11.3 Å². The van der Waals surface area contributed by atoms with Crippen LogP contribution in [0, 0.1) is 19.3 Å². The quantitative estimate of drug-likeness (QED) is 0.818. The molecule has 1 atom stereocenters. The summed E-state index contributed by atoms with van der Waals surface area (Å²) in [6.07, 6.45) is 0. The third-order valence-electron chi connectivity index (χ3n) is 2.62. The normalized spacial score (nSPS) is 14.3. The lowest BCUT2D eigenvalue weighted by molar-refractivity contribution is 0.280. The molecule has 1 heterocycles. The molecule has 86 valence electrons. The Morgan fingerprint density at radius 1 is 1.33 bits per heavy atom. The molecule has 15 heavy (non-hydrogen) atoms. The first kappa shape index (κ1) is 12.7. The Bertz CT molecular complexity index is 320. The van der Waals surface area contributed by atoms with Gasteiger partial charge in [0.15, 0.2) is 0 Å². The van der Waals surface area contributed by atoms with E-state index in [4.69, 9.17) is 0 Å². The predicted molar refractivity (Wildman–Crippen MR) is 69.7 cm³/mol. The first-order chi connectivity index (χ1) is 6.86. The second kappa shape index (κ2) is 4.67. The third kappa shape index (κ3) is 3.05. The van der Waals surface area contributed by atoms with Gasteiger partial charge >= 0.3 is 0 Å². The molecule has 0 spiro atoms. The highest BCUT2D eigenvalue weighted by molar-refractivity contribution is 7.12. The number of aryl methyl sites for hydroxylation is 2. The van der Waals surface area contributed by atoms with Crippen LogP contribution in [0.25, 0.3) is 0 Å². The molecule has 0 radical (unpaired) electrons. The molecule has 0 aliphatic rings. The maximum absolute atomic E-state index is 3.60. The molecule has 1 rings (SSSR count). The number of rotatable bonds is 3. The van der Waals surface area contributed by atoms with Crippen LogP contribution in [-0.2, 0) is 0 Å². The van der Waals surface area contributed by atoms with Crippen LogP contribution < -0.4 is 5.32 Å². The molecule has 0 aromatic carbocycles. The van der Waals surface area contributed by atoms with Crippen molar-refractivity contribution >= 4 is 11.3 Å². The van der Waals surface area contributed by atoms with Gasteiger partial charge < -0.3 is 5.32 Å². The van der Waals surface area contributed by atoms with E-state index < -0.39 is 0 Å². The van der Waals surface area contributed by atoms with E-state index in [0.717, 1.165) is 6.54 Å².